The lowest BCUT2D eigenvalue weighted by Gasteiger charge is -2.42. The fourth-order valence-electron chi connectivity index (χ4n) is 5.76. The molecule has 0 aromatic carbocycles. The number of carbonyl (C=O) groups excluding carboxylic acids is 1. The van der Waals surface area contributed by atoms with Gasteiger partial charge in [-0.15, -0.1) is 0 Å². The molecule has 1 saturated heterocycles. The van der Waals surface area contributed by atoms with Crippen LogP contribution in [-0.2, 0) is 9.47 Å². The Morgan fingerprint density at radius 1 is 1.08 bits per heavy atom. The third kappa shape index (κ3) is 5.87. The van der Waals surface area contributed by atoms with Crippen molar-refractivity contribution in [2.75, 3.05) is 13.2 Å². The number of morpholine rings is 1. The average Bonchev–Trinajstić information content (AvgIpc) is 3.20. The number of fused-ring (bicyclic) bond motifs is 1. The molecule has 4 rings (SSSR count). The molecule has 0 unspecified atom stereocenters. The van der Waals surface area contributed by atoms with Crippen LogP contribution >= 0.6 is 0 Å². The largest absolute Gasteiger partial charge is 0.444 e. The zero-order chi connectivity index (χ0) is 26.4. The predicted octanol–water partition coefficient (Wildman–Crippen LogP) is 6.69. The second-order valence-electron chi connectivity index (χ2n) is 13.3. The second kappa shape index (κ2) is 9.96. The van der Waals surface area contributed by atoms with Gasteiger partial charge in [0.15, 0.2) is 5.65 Å². The van der Waals surface area contributed by atoms with Gasteiger partial charge in [0.05, 0.1) is 30.6 Å². The molecule has 2 atom stereocenters. The summed E-state index contributed by atoms with van der Waals surface area (Å²) < 4.78 is 14.1. The lowest BCUT2D eigenvalue weighted by molar-refractivity contribution is -0.0833. The van der Waals surface area contributed by atoms with Gasteiger partial charge in [-0.3, -0.25) is 4.90 Å². The highest BCUT2D eigenvalue weighted by molar-refractivity contribution is 5.69. The van der Waals surface area contributed by atoms with E-state index in [1.54, 1.807) is 0 Å². The molecule has 2 aromatic rings. The number of ether oxygens (including phenoxy) is 2. The Morgan fingerprint density at radius 3 is 2.33 bits per heavy atom. The zero-order valence-electron chi connectivity index (χ0n) is 23.8. The molecule has 1 aliphatic carbocycles. The summed E-state index contributed by atoms with van der Waals surface area (Å²) in [5.41, 5.74) is 3.68. The van der Waals surface area contributed by atoms with E-state index in [0.717, 1.165) is 28.6 Å². The first-order valence-electron chi connectivity index (χ1n) is 13.7. The van der Waals surface area contributed by atoms with Crippen molar-refractivity contribution in [2.24, 2.45) is 17.3 Å². The number of amides is 1. The highest BCUT2D eigenvalue weighted by atomic mass is 16.6. The Balaban J connectivity index is 1.60. The number of rotatable bonds is 3. The summed E-state index contributed by atoms with van der Waals surface area (Å²) in [6.45, 7) is 19.9. The number of hydrogen-bond donors (Lipinski definition) is 0. The molecular formula is C29H46N4O3. The average molecular weight is 499 g/mol. The molecule has 0 spiro atoms. The predicted molar refractivity (Wildman–Crippen MR) is 142 cm³/mol. The summed E-state index contributed by atoms with van der Waals surface area (Å²) in [5, 5.41) is 5.06. The van der Waals surface area contributed by atoms with Crippen molar-refractivity contribution in [2.45, 2.75) is 112 Å². The van der Waals surface area contributed by atoms with Crippen LogP contribution in [0.5, 0.6) is 0 Å². The molecule has 7 heteroatoms. The monoisotopic (exact) mass is 498 g/mol. The highest BCUT2D eigenvalue weighted by Crippen LogP contribution is 2.43. The van der Waals surface area contributed by atoms with Crippen molar-refractivity contribution < 1.29 is 14.3 Å². The van der Waals surface area contributed by atoms with Crippen LogP contribution in [0.25, 0.3) is 5.65 Å². The van der Waals surface area contributed by atoms with Crippen LogP contribution in [0.15, 0.2) is 12.1 Å². The topological polar surface area (TPSA) is 69.0 Å². The maximum absolute atomic E-state index is 13.2. The number of carbonyl (C=O) groups is 1. The second-order valence-corrected chi connectivity index (χ2v) is 13.3. The van der Waals surface area contributed by atoms with E-state index < -0.39 is 5.60 Å². The van der Waals surface area contributed by atoms with Gasteiger partial charge in [-0.2, -0.15) is 5.10 Å². The van der Waals surface area contributed by atoms with E-state index in [1.807, 2.05) is 43.2 Å². The van der Waals surface area contributed by atoms with Crippen molar-refractivity contribution in [3.05, 3.63) is 29.2 Å². The van der Waals surface area contributed by atoms with Crippen molar-refractivity contribution in [3.8, 4) is 0 Å². The molecule has 0 radical (unpaired) electrons. The molecule has 7 nitrogen and oxygen atoms in total. The number of aryl methyl sites for hydroxylation is 1. The number of hydrogen-bond acceptors (Lipinski definition) is 5. The van der Waals surface area contributed by atoms with E-state index in [4.69, 9.17) is 19.6 Å². The van der Waals surface area contributed by atoms with Crippen molar-refractivity contribution >= 4 is 11.7 Å². The summed E-state index contributed by atoms with van der Waals surface area (Å²) in [7, 11) is 0. The fourth-order valence-corrected chi connectivity index (χ4v) is 5.76. The van der Waals surface area contributed by atoms with E-state index >= 15 is 0 Å². The Labute approximate surface area is 216 Å². The quantitative estimate of drug-likeness (QED) is 0.471. The first kappa shape index (κ1) is 26.9. The van der Waals surface area contributed by atoms with Gasteiger partial charge in [-0.1, -0.05) is 34.6 Å². The van der Waals surface area contributed by atoms with Gasteiger partial charge in [-0.25, -0.2) is 14.3 Å². The van der Waals surface area contributed by atoms with E-state index in [2.05, 4.69) is 40.7 Å². The minimum atomic E-state index is -0.546. The summed E-state index contributed by atoms with van der Waals surface area (Å²) in [4.78, 5) is 19.8. The van der Waals surface area contributed by atoms with Crippen LogP contribution in [-0.4, -0.2) is 50.4 Å². The van der Waals surface area contributed by atoms with Gasteiger partial charge in [0.2, 0.25) is 0 Å². The highest BCUT2D eigenvalue weighted by Gasteiger charge is 2.38. The van der Waals surface area contributed by atoms with Gasteiger partial charge >= 0.3 is 6.09 Å². The summed E-state index contributed by atoms with van der Waals surface area (Å²) in [6.07, 6.45) is 4.25. The first-order valence-corrected chi connectivity index (χ1v) is 13.7. The lowest BCUT2D eigenvalue weighted by atomic mass is 9.69. The number of nitrogens with zero attached hydrogens (tertiary/aromatic N) is 4. The minimum Gasteiger partial charge on any atom is -0.444 e. The molecule has 200 valence electrons. The van der Waals surface area contributed by atoms with Gasteiger partial charge < -0.3 is 9.47 Å². The molecule has 2 fully saturated rings. The third-order valence-corrected chi connectivity index (χ3v) is 7.93. The van der Waals surface area contributed by atoms with Crippen molar-refractivity contribution in [3.63, 3.8) is 0 Å². The molecule has 1 aliphatic heterocycles. The minimum absolute atomic E-state index is 0.0271. The smallest absolute Gasteiger partial charge is 0.410 e. The SMILES string of the molecule is Cc1cc([C@H]2CN(C(=O)OC(C)(C)C)[C@@H](C(C)C)CO2)n2nc(C3CCC(C(C)(C)C)CC3)cc2n1. The molecular weight excluding hydrogens is 452 g/mol. The Morgan fingerprint density at radius 2 is 1.75 bits per heavy atom. The molecule has 0 N–H and O–H groups in total. The molecule has 1 amide bonds. The third-order valence-electron chi connectivity index (χ3n) is 7.93. The van der Waals surface area contributed by atoms with E-state index in [-0.39, 0.29) is 24.2 Å². The van der Waals surface area contributed by atoms with Gasteiger partial charge in [0, 0.05) is 17.7 Å². The Kier molecular flexibility index (Phi) is 7.44. The maximum atomic E-state index is 13.2. The zero-order valence-corrected chi connectivity index (χ0v) is 23.8. The number of aromatic nitrogens is 3. The molecule has 2 aromatic heterocycles. The molecule has 3 heterocycles. The van der Waals surface area contributed by atoms with Crippen molar-refractivity contribution in [1.82, 2.24) is 19.5 Å². The molecule has 36 heavy (non-hydrogen) atoms. The van der Waals surface area contributed by atoms with Gasteiger partial charge in [-0.05, 0) is 76.7 Å². The fraction of sp³-hybridized carbons (Fsp3) is 0.759. The lowest BCUT2D eigenvalue weighted by Crippen LogP contribution is -2.53. The van der Waals surface area contributed by atoms with Crippen LogP contribution in [0.4, 0.5) is 4.79 Å². The van der Waals surface area contributed by atoms with Crippen molar-refractivity contribution in [1.29, 1.82) is 0 Å². The van der Waals surface area contributed by atoms with Crippen LogP contribution in [0.1, 0.15) is 110 Å². The molecule has 0 bridgehead atoms. The standard InChI is InChI=1S/C29H46N4O3/c1-18(2)24-17-35-25(16-32(24)27(34)36-29(7,8)9)23-14-19(3)30-26-15-22(31-33(23)26)20-10-12-21(13-11-20)28(4,5)6/h14-15,18,20-21,24-25H,10-13,16-17H2,1-9H3/t20?,21?,24-,25-/m1/s1. The van der Waals surface area contributed by atoms with Crippen LogP contribution in [0.3, 0.4) is 0 Å². The summed E-state index contributed by atoms with van der Waals surface area (Å²) >= 11 is 0. The van der Waals surface area contributed by atoms with Crippen LogP contribution in [0, 0.1) is 24.2 Å². The summed E-state index contributed by atoms with van der Waals surface area (Å²) in [5.74, 6) is 1.50. The van der Waals surface area contributed by atoms with E-state index in [1.165, 1.54) is 25.7 Å². The van der Waals surface area contributed by atoms with Crippen LogP contribution < -0.4 is 0 Å². The van der Waals surface area contributed by atoms with E-state index in [0.29, 0.717) is 24.5 Å². The molecule has 1 saturated carbocycles. The normalized spacial score (nSPS) is 26.0. The van der Waals surface area contributed by atoms with E-state index in [9.17, 15) is 4.79 Å². The van der Waals surface area contributed by atoms with Gasteiger partial charge in [0.25, 0.3) is 0 Å². The Bertz CT molecular complexity index is 1070. The van der Waals surface area contributed by atoms with Gasteiger partial charge in [0.1, 0.15) is 11.7 Å². The molecule has 2 aliphatic rings. The summed E-state index contributed by atoms with van der Waals surface area (Å²) in [6, 6.07) is 4.18. The maximum Gasteiger partial charge on any atom is 0.410 e. The first-order chi connectivity index (χ1) is 16.7. The van der Waals surface area contributed by atoms with Crippen LogP contribution in [0.2, 0.25) is 0 Å². The Hall–Kier alpha value is -2.15.